The molecule has 0 saturated carbocycles. The van der Waals surface area contributed by atoms with Crippen molar-refractivity contribution in [3.8, 4) is 0 Å². The smallest absolute Gasteiger partial charge is 0.333 e. The van der Waals surface area contributed by atoms with E-state index >= 15 is 0 Å². The Labute approximate surface area is 106 Å². The summed E-state index contributed by atoms with van der Waals surface area (Å²) in [6.45, 7) is 0. The lowest BCUT2D eigenvalue weighted by atomic mass is 10.1. The van der Waals surface area contributed by atoms with Crippen molar-refractivity contribution in [1.82, 2.24) is 9.88 Å². The van der Waals surface area contributed by atoms with Gasteiger partial charge < -0.3 is 4.57 Å². The van der Waals surface area contributed by atoms with Crippen molar-refractivity contribution in [2.75, 3.05) is 0 Å². The number of fused-ring (bicyclic) bond motifs is 1. The summed E-state index contributed by atoms with van der Waals surface area (Å²) in [6.07, 6.45) is -2.50. The van der Waals surface area contributed by atoms with Crippen LogP contribution in [-0.4, -0.2) is 16.8 Å². The quantitative estimate of drug-likeness (QED) is 0.659. The second kappa shape index (κ2) is 3.90. The van der Waals surface area contributed by atoms with Gasteiger partial charge in [-0.3, -0.25) is 5.32 Å². The van der Waals surface area contributed by atoms with E-state index in [1.807, 2.05) is 24.3 Å². The standard InChI is InChI=1S/C12H10ClF3N2/c13-6-18-5-8(7-3-1-2-4-9(7)18)10-11(17-10)12(14,15)16/h1-5,10-11,17H,6H2. The van der Waals surface area contributed by atoms with Gasteiger partial charge in [0.25, 0.3) is 0 Å². The molecule has 0 bridgehead atoms. The number of nitrogens with one attached hydrogen (secondary N) is 1. The summed E-state index contributed by atoms with van der Waals surface area (Å²) in [6, 6.07) is 5.47. The molecule has 0 amide bonds. The molecule has 2 atom stereocenters. The van der Waals surface area contributed by atoms with Gasteiger partial charge in [-0.1, -0.05) is 18.2 Å². The Hall–Kier alpha value is -1.20. The van der Waals surface area contributed by atoms with Crippen LogP contribution in [0.1, 0.15) is 11.6 Å². The molecule has 18 heavy (non-hydrogen) atoms. The van der Waals surface area contributed by atoms with Crippen LogP contribution in [0.2, 0.25) is 0 Å². The first-order valence-corrected chi connectivity index (χ1v) is 6.02. The fraction of sp³-hybridized carbons (Fsp3) is 0.333. The van der Waals surface area contributed by atoms with Gasteiger partial charge >= 0.3 is 6.18 Å². The van der Waals surface area contributed by atoms with Crippen molar-refractivity contribution < 1.29 is 13.2 Å². The second-order valence-corrected chi connectivity index (χ2v) is 4.59. The molecule has 1 aliphatic heterocycles. The number of aromatic nitrogens is 1. The Bertz CT molecular complexity index is 591. The van der Waals surface area contributed by atoms with Crippen LogP contribution in [0, 0.1) is 0 Å². The number of alkyl halides is 4. The molecule has 2 heterocycles. The van der Waals surface area contributed by atoms with Gasteiger partial charge in [0.15, 0.2) is 0 Å². The molecule has 1 fully saturated rings. The Morgan fingerprint density at radius 2 is 2.00 bits per heavy atom. The first-order valence-electron chi connectivity index (χ1n) is 5.49. The number of benzene rings is 1. The zero-order valence-electron chi connectivity index (χ0n) is 9.21. The summed E-state index contributed by atoms with van der Waals surface area (Å²) in [5, 5.41) is 3.29. The second-order valence-electron chi connectivity index (χ2n) is 4.35. The van der Waals surface area contributed by atoms with Gasteiger partial charge in [-0.2, -0.15) is 13.2 Å². The van der Waals surface area contributed by atoms with Crippen LogP contribution in [0.4, 0.5) is 13.2 Å². The van der Waals surface area contributed by atoms with Gasteiger partial charge in [-0.05, 0) is 11.6 Å². The Morgan fingerprint density at radius 1 is 1.28 bits per heavy atom. The maximum absolute atomic E-state index is 12.6. The minimum atomic E-state index is -4.20. The molecule has 2 nitrogen and oxygen atoms in total. The van der Waals surface area contributed by atoms with E-state index in [0.717, 1.165) is 10.9 Å². The number of hydrogen-bond donors (Lipinski definition) is 1. The summed E-state index contributed by atoms with van der Waals surface area (Å²) in [5.74, 6) is 0. The minimum Gasteiger partial charge on any atom is -0.333 e. The van der Waals surface area contributed by atoms with E-state index in [-0.39, 0.29) is 6.00 Å². The van der Waals surface area contributed by atoms with Crippen molar-refractivity contribution in [2.24, 2.45) is 0 Å². The van der Waals surface area contributed by atoms with Crippen molar-refractivity contribution in [2.45, 2.75) is 24.3 Å². The summed E-state index contributed by atoms with van der Waals surface area (Å²) < 4.78 is 39.5. The summed E-state index contributed by atoms with van der Waals surface area (Å²) in [5.41, 5.74) is 1.52. The van der Waals surface area contributed by atoms with Crippen LogP contribution in [0.5, 0.6) is 0 Å². The average Bonchev–Trinajstić information content (AvgIpc) is 3.05. The predicted octanol–water partition coefficient (Wildman–Crippen LogP) is 3.41. The molecule has 1 N–H and O–H groups in total. The first-order chi connectivity index (χ1) is 8.52. The van der Waals surface area contributed by atoms with Crippen LogP contribution in [-0.2, 0) is 6.00 Å². The van der Waals surface area contributed by atoms with E-state index in [9.17, 15) is 13.2 Å². The van der Waals surface area contributed by atoms with Gasteiger partial charge in [0.2, 0.25) is 0 Å². The molecule has 1 saturated heterocycles. The molecule has 2 aromatic rings. The molecular formula is C12H10ClF3N2. The zero-order valence-corrected chi connectivity index (χ0v) is 9.96. The van der Waals surface area contributed by atoms with Gasteiger partial charge in [0.05, 0.1) is 12.0 Å². The average molecular weight is 275 g/mol. The molecule has 3 rings (SSSR count). The van der Waals surface area contributed by atoms with Crippen molar-refractivity contribution in [3.05, 3.63) is 36.0 Å². The fourth-order valence-corrected chi connectivity index (χ4v) is 2.51. The third-order valence-corrected chi connectivity index (χ3v) is 3.48. The maximum Gasteiger partial charge on any atom is 0.405 e. The van der Waals surface area contributed by atoms with Gasteiger partial charge in [0, 0.05) is 17.1 Å². The predicted molar refractivity (Wildman–Crippen MR) is 63.5 cm³/mol. The molecule has 0 spiro atoms. The number of rotatable bonds is 2. The number of hydrogen-bond acceptors (Lipinski definition) is 1. The summed E-state index contributed by atoms with van der Waals surface area (Å²) >= 11 is 5.79. The van der Waals surface area contributed by atoms with E-state index < -0.39 is 18.3 Å². The van der Waals surface area contributed by atoms with Crippen LogP contribution in [0.25, 0.3) is 10.9 Å². The highest BCUT2D eigenvalue weighted by Gasteiger charge is 2.56. The van der Waals surface area contributed by atoms with Crippen LogP contribution < -0.4 is 5.32 Å². The molecule has 0 aliphatic carbocycles. The monoisotopic (exact) mass is 274 g/mol. The molecule has 2 unspecified atom stereocenters. The highest BCUT2D eigenvalue weighted by atomic mass is 35.5. The number of halogens is 4. The number of para-hydroxylation sites is 1. The van der Waals surface area contributed by atoms with Gasteiger partial charge in [-0.15, -0.1) is 11.6 Å². The molecule has 1 aliphatic rings. The highest BCUT2D eigenvalue weighted by Crippen LogP contribution is 2.43. The van der Waals surface area contributed by atoms with E-state index in [0.29, 0.717) is 5.56 Å². The number of nitrogens with zero attached hydrogens (tertiary/aromatic N) is 1. The Balaban J connectivity index is 2.04. The normalized spacial score (nSPS) is 23.6. The van der Waals surface area contributed by atoms with E-state index in [2.05, 4.69) is 5.32 Å². The SMILES string of the molecule is FC(F)(F)C1NC1c1cn(CCl)c2ccccc12. The Morgan fingerprint density at radius 3 is 2.61 bits per heavy atom. The van der Waals surface area contributed by atoms with Gasteiger partial charge in [0.1, 0.15) is 6.04 Å². The summed E-state index contributed by atoms with van der Waals surface area (Å²) in [4.78, 5) is 0. The topological polar surface area (TPSA) is 26.9 Å². The van der Waals surface area contributed by atoms with Gasteiger partial charge in [-0.25, -0.2) is 0 Å². The molecule has 96 valence electrons. The minimum absolute atomic E-state index is 0.226. The van der Waals surface area contributed by atoms with Crippen LogP contribution in [0.15, 0.2) is 30.5 Å². The largest absolute Gasteiger partial charge is 0.405 e. The van der Waals surface area contributed by atoms with E-state index in [4.69, 9.17) is 11.6 Å². The van der Waals surface area contributed by atoms with E-state index in [1.54, 1.807) is 10.8 Å². The van der Waals surface area contributed by atoms with E-state index in [1.165, 1.54) is 0 Å². The molecule has 1 aromatic heterocycles. The maximum atomic E-state index is 12.6. The third kappa shape index (κ3) is 1.78. The lowest BCUT2D eigenvalue weighted by Crippen LogP contribution is -2.19. The van der Waals surface area contributed by atoms with Crippen LogP contribution >= 0.6 is 11.6 Å². The summed E-state index contributed by atoms with van der Waals surface area (Å²) in [7, 11) is 0. The molecule has 6 heteroatoms. The lowest BCUT2D eigenvalue weighted by Gasteiger charge is -2.01. The first kappa shape index (κ1) is 11.9. The van der Waals surface area contributed by atoms with Crippen molar-refractivity contribution >= 4 is 22.5 Å². The van der Waals surface area contributed by atoms with Crippen molar-refractivity contribution in [3.63, 3.8) is 0 Å². The third-order valence-electron chi connectivity index (χ3n) is 3.22. The fourth-order valence-electron chi connectivity index (χ4n) is 2.31. The zero-order chi connectivity index (χ0) is 12.9. The van der Waals surface area contributed by atoms with Crippen molar-refractivity contribution in [1.29, 1.82) is 0 Å². The Kier molecular flexibility index (Phi) is 2.57. The highest BCUT2D eigenvalue weighted by molar-refractivity contribution is 6.16. The molecule has 0 radical (unpaired) electrons. The molecule has 1 aromatic carbocycles. The molecular weight excluding hydrogens is 265 g/mol. The van der Waals surface area contributed by atoms with Crippen LogP contribution in [0.3, 0.4) is 0 Å². The lowest BCUT2D eigenvalue weighted by molar-refractivity contribution is -0.130.